The molecule has 1 saturated heterocycles. The minimum absolute atomic E-state index is 0.0155. The van der Waals surface area contributed by atoms with Gasteiger partial charge in [-0.05, 0) is 29.8 Å². The lowest BCUT2D eigenvalue weighted by Crippen LogP contribution is -2.49. The van der Waals surface area contributed by atoms with E-state index >= 15 is 0 Å². The molecule has 0 saturated carbocycles. The van der Waals surface area contributed by atoms with E-state index in [0.29, 0.717) is 0 Å². The number of nitrogens with zero attached hydrogens (tertiary/aromatic N) is 2. The van der Waals surface area contributed by atoms with Gasteiger partial charge in [0.25, 0.3) is 0 Å². The van der Waals surface area contributed by atoms with E-state index in [1.807, 2.05) is 41.3 Å². The molecule has 0 aromatic heterocycles. The summed E-state index contributed by atoms with van der Waals surface area (Å²) in [6.07, 6.45) is 0. The van der Waals surface area contributed by atoms with Crippen LogP contribution in [-0.4, -0.2) is 42.0 Å². The number of rotatable bonds is 3. The van der Waals surface area contributed by atoms with Crippen molar-refractivity contribution in [3.63, 3.8) is 0 Å². The van der Waals surface area contributed by atoms with Gasteiger partial charge in [0.1, 0.15) is 0 Å². The highest BCUT2D eigenvalue weighted by Crippen LogP contribution is 2.15. The molecule has 1 aliphatic heterocycles. The average molecular weight is 374 g/mol. The Hall–Kier alpha value is -1.85. The molecule has 2 amide bonds. The predicted molar refractivity (Wildman–Crippen MR) is 96.5 cm³/mol. The van der Waals surface area contributed by atoms with Gasteiger partial charge in [-0.3, -0.25) is 4.90 Å². The van der Waals surface area contributed by atoms with Crippen molar-refractivity contribution in [1.29, 1.82) is 0 Å². The van der Waals surface area contributed by atoms with Gasteiger partial charge in [-0.1, -0.05) is 46.3 Å². The molecule has 2 aromatic carbocycles. The lowest BCUT2D eigenvalue weighted by Gasteiger charge is -2.34. The van der Waals surface area contributed by atoms with Crippen molar-refractivity contribution in [2.24, 2.45) is 0 Å². The third kappa shape index (κ3) is 4.56. The molecule has 3 rings (SSSR count). The lowest BCUT2D eigenvalue weighted by atomic mass is 10.2. The van der Waals surface area contributed by atoms with Crippen LogP contribution in [0.1, 0.15) is 5.56 Å². The number of anilines is 1. The molecule has 1 heterocycles. The van der Waals surface area contributed by atoms with Crippen molar-refractivity contribution >= 4 is 27.6 Å². The first-order valence-corrected chi connectivity index (χ1v) is 8.58. The Morgan fingerprint density at radius 3 is 2.43 bits per heavy atom. The summed E-state index contributed by atoms with van der Waals surface area (Å²) in [6, 6.07) is 18.0. The summed E-state index contributed by atoms with van der Waals surface area (Å²) in [5.41, 5.74) is 2.13. The van der Waals surface area contributed by atoms with E-state index in [4.69, 9.17) is 0 Å². The summed E-state index contributed by atoms with van der Waals surface area (Å²) in [5, 5.41) is 2.95. The van der Waals surface area contributed by atoms with Crippen LogP contribution in [0.2, 0.25) is 0 Å². The number of piperazine rings is 1. The summed E-state index contributed by atoms with van der Waals surface area (Å²) in [6.45, 7) is 4.23. The number of hydrogen-bond donors (Lipinski definition) is 1. The van der Waals surface area contributed by atoms with Crippen LogP contribution in [0.3, 0.4) is 0 Å². The number of carbonyl (C=O) groups is 1. The third-order valence-corrected chi connectivity index (χ3v) is 4.47. The molecule has 0 atom stereocenters. The maximum Gasteiger partial charge on any atom is 0.321 e. The zero-order valence-electron chi connectivity index (χ0n) is 12.9. The van der Waals surface area contributed by atoms with Crippen molar-refractivity contribution < 1.29 is 4.79 Å². The van der Waals surface area contributed by atoms with Crippen molar-refractivity contribution in [2.75, 3.05) is 31.5 Å². The summed E-state index contributed by atoms with van der Waals surface area (Å²) in [4.78, 5) is 16.5. The Morgan fingerprint density at radius 2 is 1.74 bits per heavy atom. The fourth-order valence-electron chi connectivity index (χ4n) is 2.73. The van der Waals surface area contributed by atoms with Crippen LogP contribution >= 0.6 is 15.9 Å². The molecular formula is C18H20BrN3O. The van der Waals surface area contributed by atoms with E-state index in [0.717, 1.165) is 42.9 Å². The van der Waals surface area contributed by atoms with Gasteiger partial charge in [0, 0.05) is 42.9 Å². The molecule has 2 aromatic rings. The van der Waals surface area contributed by atoms with Crippen LogP contribution in [0.25, 0.3) is 0 Å². The van der Waals surface area contributed by atoms with E-state index < -0.39 is 0 Å². The number of para-hydroxylation sites is 1. The standard InChI is InChI=1S/C18H20BrN3O/c19-16-6-4-5-15(13-16)14-21-9-11-22(12-10-21)18(23)20-17-7-2-1-3-8-17/h1-8,13H,9-12,14H2,(H,20,23). The monoisotopic (exact) mass is 373 g/mol. The first-order valence-electron chi connectivity index (χ1n) is 7.78. The number of hydrogen-bond acceptors (Lipinski definition) is 2. The lowest BCUT2D eigenvalue weighted by molar-refractivity contribution is 0.143. The first-order chi connectivity index (χ1) is 11.2. The van der Waals surface area contributed by atoms with Crippen LogP contribution in [0.15, 0.2) is 59.1 Å². The molecule has 1 N–H and O–H groups in total. The van der Waals surface area contributed by atoms with Crippen LogP contribution in [-0.2, 0) is 6.54 Å². The van der Waals surface area contributed by atoms with E-state index in [2.05, 4.69) is 44.3 Å². The number of halogens is 1. The van der Waals surface area contributed by atoms with Crippen LogP contribution < -0.4 is 5.32 Å². The Balaban J connectivity index is 1.49. The second-order valence-corrected chi connectivity index (χ2v) is 6.60. The van der Waals surface area contributed by atoms with Crippen LogP contribution in [0.5, 0.6) is 0 Å². The molecule has 120 valence electrons. The Kier molecular flexibility index (Phi) is 5.31. The Bertz CT molecular complexity index is 654. The number of benzene rings is 2. The van der Waals surface area contributed by atoms with E-state index in [9.17, 15) is 4.79 Å². The molecule has 4 nitrogen and oxygen atoms in total. The second kappa shape index (κ2) is 7.62. The molecule has 0 unspecified atom stereocenters. The zero-order chi connectivity index (χ0) is 16.1. The van der Waals surface area contributed by atoms with E-state index in [1.54, 1.807) is 0 Å². The first kappa shape index (κ1) is 16.0. The fraction of sp³-hybridized carbons (Fsp3) is 0.278. The fourth-order valence-corrected chi connectivity index (χ4v) is 3.17. The van der Waals surface area contributed by atoms with Gasteiger partial charge in [0.05, 0.1) is 0 Å². The molecule has 23 heavy (non-hydrogen) atoms. The van der Waals surface area contributed by atoms with Crippen molar-refractivity contribution in [3.05, 3.63) is 64.6 Å². The van der Waals surface area contributed by atoms with Crippen LogP contribution in [0.4, 0.5) is 10.5 Å². The van der Waals surface area contributed by atoms with E-state index in [1.165, 1.54) is 5.56 Å². The molecule has 0 radical (unpaired) electrons. The molecule has 0 aliphatic carbocycles. The SMILES string of the molecule is O=C(Nc1ccccc1)N1CCN(Cc2cccc(Br)c2)CC1. The summed E-state index contributed by atoms with van der Waals surface area (Å²) < 4.78 is 1.11. The summed E-state index contributed by atoms with van der Waals surface area (Å²) >= 11 is 3.51. The van der Waals surface area contributed by atoms with Gasteiger partial charge in [0.2, 0.25) is 0 Å². The highest BCUT2D eigenvalue weighted by atomic mass is 79.9. The number of nitrogens with one attached hydrogen (secondary N) is 1. The van der Waals surface area contributed by atoms with E-state index in [-0.39, 0.29) is 6.03 Å². The topological polar surface area (TPSA) is 35.6 Å². The van der Waals surface area contributed by atoms with Crippen molar-refractivity contribution in [3.8, 4) is 0 Å². The zero-order valence-corrected chi connectivity index (χ0v) is 14.5. The Labute approximate surface area is 145 Å². The largest absolute Gasteiger partial charge is 0.322 e. The highest BCUT2D eigenvalue weighted by molar-refractivity contribution is 9.10. The number of amides is 2. The molecular weight excluding hydrogens is 354 g/mol. The molecule has 1 aliphatic rings. The highest BCUT2D eigenvalue weighted by Gasteiger charge is 2.21. The smallest absolute Gasteiger partial charge is 0.321 e. The Morgan fingerprint density at radius 1 is 1.00 bits per heavy atom. The molecule has 1 fully saturated rings. The summed E-state index contributed by atoms with van der Waals surface area (Å²) in [5.74, 6) is 0. The maximum absolute atomic E-state index is 12.3. The number of carbonyl (C=O) groups excluding carboxylic acids is 1. The van der Waals surface area contributed by atoms with Crippen LogP contribution in [0, 0.1) is 0 Å². The quantitative estimate of drug-likeness (QED) is 0.887. The number of urea groups is 1. The van der Waals surface area contributed by atoms with Gasteiger partial charge in [-0.25, -0.2) is 4.79 Å². The minimum atomic E-state index is -0.0155. The van der Waals surface area contributed by atoms with Crippen molar-refractivity contribution in [1.82, 2.24) is 9.80 Å². The second-order valence-electron chi connectivity index (χ2n) is 5.69. The minimum Gasteiger partial charge on any atom is -0.322 e. The average Bonchev–Trinajstić information content (AvgIpc) is 2.56. The molecule has 0 spiro atoms. The normalized spacial score (nSPS) is 15.4. The summed E-state index contributed by atoms with van der Waals surface area (Å²) in [7, 11) is 0. The van der Waals surface area contributed by atoms with Gasteiger partial charge < -0.3 is 10.2 Å². The third-order valence-electron chi connectivity index (χ3n) is 3.98. The van der Waals surface area contributed by atoms with Crippen molar-refractivity contribution in [2.45, 2.75) is 6.54 Å². The van der Waals surface area contributed by atoms with Gasteiger partial charge in [-0.15, -0.1) is 0 Å². The van der Waals surface area contributed by atoms with Gasteiger partial charge >= 0.3 is 6.03 Å². The predicted octanol–water partition coefficient (Wildman–Crippen LogP) is 3.80. The van der Waals surface area contributed by atoms with Gasteiger partial charge in [-0.2, -0.15) is 0 Å². The molecule has 5 heteroatoms. The molecule has 0 bridgehead atoms. The van der Waals surface area contributed by atoms with Gasteiger partial charge in [0.15, 0.2) is 0 Å². The maximum atomic E-state index is 12.3.